The number of H-pyrrole nitrogens is 1. The normalized spacial score (nSPS) is 14.8. The van der Waals surface area contributed by atoms with Gasteiger partial charge in [0, 0.05) is 19.5 Å². The molecule has 0 aromatic carbocycles. The molecule has 0 aliphatic carbocycles. The summed E-state index contributed by atoms with van der Waals surface area (Å²) in [5.41, 5.74) is 1.49. The van der Waals surface area contributed by atoms with E-state index in [2.05, 4.69) is 14.9 Å². The highest BCUT2D eigenvalue weighted by Gasteiger charge is 2.22. The molecule has 1 aliphatic rings. The van der Waals surface area contributed by atoms with Gasteiger partial charge in [0.25, 0.3) is 5.56 Å². The summed E-state index contributed by atoms with van der Waals surface area (Å²) in [5, 5.41) is 0. The van der Waals surface area contributed by atoms with Gasteiger partial charge in [-0.3, -0.25) is 9.69 Å². The fourth-order valence-electron chi connectivity index (χ4n) is 2.94. The average Bonchev–Trinajstić information content (AvgIpc) is 3.20. The molecule has 0 fully saturated rings. The number of aromatic nitrogens is 2. The van der Waals surface area contributed by atoms with Gasteiger partial charge in [0.05, 0.1) is 24.1 Å². The molecule has 0 atom stereocenters. The summed E-state index contributed by atoms with van der Waals surface area (Å²) in [7, 11) is 0. The first-order valence-corrected chi connectivity index (χ1v) is 7.62. The van der Waals surface area contributed by atoms with Crippen molar-refractivity contribution in [3.8, 4) is 11.6 Å². The fraction of sp³-hybridized carbons (Fsp3) is 0.294. The van der Waals surface area contributed by atoms with Gasteiger partial charge in [0.1, 0.15) is 11.5 Å². The second kappa shape index (κ2) is 5.55. The fourth-order valence-corrected chi connectivity index (χ4v) is 2.94. The number of hydrogen-bond acceptors (Lipinski definition) is 5. The second-order valence-electron chi connectivity index (χ2n) is 5.79. The Morgan fingerprint density at radius 2 is 2.26 bits per heavy atom. The Morgan fingerprint density at radius 1 is 1.35 bits per heavy atom. The predicted octanol–water partition coefficient (Wildman–Crippen LogP) is 2.49. The molecular formula is C17H17N3O3. The standard InChI is InChI=1S/C17H17N3O3/c1-11-4-5-12(23-11)9-20-7-6-14-13(10-20)17(21)19-16(18-14)15-3-2-8-22-15/h2-5,8H,6-7,9-10H2,1H3,(H,18,19,21). The van der Waals surface area contributed by atoms with Crippen molar-refractivity contribution < 1.29 is 8.83 Å². The third-order valence-electron chi connectivity index (χ3n) is 4.08. The monoisotopic (exact) mass is 311 g/mol. The van der Waals surface area contributed by atoms with E-state index in [0.717, 1.165) is 35.7 Å². The van der Waals surface area contributed by atoms with Gasteiger partial charge in [-0.25, -0.2) is 4.98 Å². The summed E-state index contributed by atoms with van der Waals surface area (Å²) in [6, 6.07) is 7.51. The smallest absolute Gasteiger partial charge is 0.256 e. The molecule has 3 aromatic heterocycles. The van der Waals surface area contributed by atoms with Crippen LogP contribution in [0.1, 0.15) is 22.8 Å². The molecule has 0 saturated heterocycles. The molecule has 0 spiro atoms. The van der Waals surface area contributed by atoms with E-state index < -0.39 is 0 Å². The van der Waals surface area contributed by atoms with Gasteiger partial charge in [0.15, 0.2) is 11.6 Å². The van der Waals surface area contributed by atoms with Gasteiger partial charge in [-0.15, -0.1) is 0 Å². The zero-order valence-electron chi connectivity index (χ0n) is 12.8. The van der Waals surface area contributed by atoms with E-state index >= 15 is 0 Å². The summed E-state index contributed by atoms with van der Waals surface area (Å²) < 4.78 is 10.9. The zero-order chi connectivity index (χ0) is 15.8. The molecule has 23 heavy (non-hydrogen) atoms. The van der Waals surface area contributed by atoms with Crippen molar-refractivity contribution in [3.05, 3.63) is 63.7 Å². The van der Waals surface area contributed by atoms with E-state index in [-0.39, 0.29) is 5.56 Å². The topological polar surface area (TPSA) is 75.3 Å². The van der Waals surface area contributed by atoms with Crippen molar-refractivity contribution in [2.75, 3.05) is 6.54 Å². The van der Waals surface area contributed by atoms with Crippen molar-refractivity contribution >= 4 is 0 Å². The third kappa shape index (κ3) is 2.73. The molecule has 0 amide bonds. The molecule has 0 saturated carbocycles. The molecule has 1 aliphatic heterocycles. The number of fused-ring (bicyclic) bond motifs is 1. The molecule has 0 radical (unpaired) electrons. The van der Waals surface area contributed by atoms with Crippen LogP contribution in [-0.4, -0.2) is 21.4 Å². The lowest BCUT2D eigenvalue weighted by Crippen LogP contribution is -2.35. The van der Waals surface area contributed by atoms with Crippen LogP contribution in [-0.2, 0) is 19.5 Å². The van der Waals surface area contributed by atoms with Crippen LogP contribution in [0.2, 0.25) is 0 Å². The van der Waals surface area contributed by atoms with Crippen LogP contribution in [0.4, 0.5) is 0 Å². The molecule has 0 bridgehead atoms. The number of furan rings is 2. The highest BCUT2D eigenvalue weighted by Crippen LogP contribution is 2.20. The van der Waals surface area contributed by atoms with Crippen LogP contribution in [0.25, 0.3) is 11.6 Å². The lowest BCUT2D eigenvalue weighted by Gasteiger charge is -2.26. The summed E-state index contributed by atoms with van der Waals surface area (Å²) in [6.45, 7) is 4.06. The molecule has 118 valence electrons. The first kappa shape index (κ1) is 14.0. The predicted molar refractivity (Wildman–Crippen MR) is 83.8 cm³/mol. The minimum Gasteiger partial charge on any atom is -0.465 e. The SMILES string of the molecule is Cc1ccc(CN2CCc3nc(-c4ccco4)[nH]c(=O)c3C2)o1. The van der Waals surface area contributed by atoms with Crippen molar-refractivity contribution in [1.82, 2.24) is 14.9 Å². The molecule has 6 nitrogen and oxygen atoms in total. The summed E-state index contributed by atoms with van der Waals surface area (Å²) in [6.07, 6.45) is 2.31. The van der Waals surface area contributed by atoms with Crippen molar-refractivity contribution in [2.45, 2.75) is 26.4 Å². The van der Waals surface area contributed by atoms with Gasteiger partial charge in [0.2, 0.25) is 0 Å². The van der Waals surface area contributed by atoms with Crippen molar-refractivity contribution in [3.63, 3.8) is 0 Å². The highest BCUT2D eigenvalue weighted by atomic mass is 16.3. The molecular weight excluding hydrogens is 294 g/mol. The number of aromatic amines is 1. The Bertz CT molecular complexity index is 877. The van der Waals surface area contributed by atoms with E-state index in [1.54, 1.807) is 18.4 Å². The number of rotatable bonds is 3. The number of nitrogens with zero attached hydrogens (tertiary/aromatic N) is 2. The van der Waals surface area contributed by atoms with Crippen LogP contribution >= 0.6 is 0 Å². The van der Waals surface area contributed by atoms with E-state index in [9.17, 15) is 4.79 Å². The average molecular weight is 311 g/mol. The van der Waals surface area contributed by atoms with Gasteiger partial charge < -0.3 is 13.8 Å². The Hall–Kier alpha value is -2.60. The molecule has 4 heterocycles. The Kier molecular flexibility index (Phi) is 3.38. The second-order valence-corrected chi connectivity index (χ2v) is 5.79. The number of aryl methyl sites for hydroxylation is 1. The first-order valence-electron chi connectivity index (χ1n) is 7.62. The Labute approximate surface area is 132 Å². The Morgan fingerprint density at radius 3 is 3.00 bits per heavy atom. The number of nitrogens with one attached hydrogen (secondary N) is 1. The summed E-state index contributed by atoms with van der Waals surface area (Å²) >= 11 is 0. The van der Waals surface area contributed by atoms with Crippen LogP contribution in [0.3, 0.4) is 0 Å². The summed E-state index contributed by atoms with van der Waals surface area (Å²) in [5.74, 6) is 2.90. The minimum absolute atomic E-state index is 0.0956. The molecule has 4 rings (SSSR count). The minimum atomic E-state index is -0.0956. The summed E-state index contributed by atoms with van der Waals surface area (Å²) in [4.78, 5) is 22.0. The zero-order valence-corrected chi connectivity index (χ0v) is 12.8. The Balaban J connectivity index is 1.59. The quantitative estimate of drug-likeness (QED) is 0.804. The maximum absolute atomic E-state index is 12.4. The van der Waals surface area contributed by atoms with Gasteiger partial charge >= 0.3 is 0 Å². The molecule has 3 aromatic rings. The van der Waals surface area contributed by atoms with Gasteiger partial charge in [-0.05, 0) is 31.2 Å². The van der Waals surface area contributed by atoms with Crippen molar-refractivity contribution in [1.29, 1.82) is 0 Å². The number of hydrogen-bond donors (Lipinski definition) is 1. The van der Waals surface area contributed by atoms with Gasteiger partial charge in [-0.1, -0.05) is 0 Å². The molecule has 0 unspecified atom stereocenters. The van der Waals surface area contributed by atoms with Crippen LogP contribution in [0.5, 0.6) is 0 Å². The molecule has 6 heteroatoms. The lowest BCUT2D eigenvalue weighted by molar-refractivity contribution is 0.221. The van der Waals surface area contributed by atoms with E-state index in [0.29, 0.717) is 24.7 Å². The van der Waals surface area contributed by atoms with E-state index in [1.807, 2.05) is 19.1 Å². The molecule has 1 N–H and O–H groups in total. The highest BCUT2D eigenvalue weighted by molar-refractivity contribution is 5.46. The first-order chi connectivity index (χ1) is 11.2. The van der Waals surface area contributed by atoms with Crippen LogP contribution in [0.15, 0.2) is 44.2 Å². The maximum atomic E-state index is 12.4. The van der Waals surface area contributed by atoms with E-state index in [4.69, 9.17) is 8.83 Å². The van der Waals surface area contributed by atoms with E-state index in [1.165, 1.54) is 0 Å². The third-order valence-corrected chi connectivity index (χ3v) is 4.08. The lowest BCUT2D eigenvalue weighted by atomic mass is 10.1. The van der Waals surface area contributed by atoms with Gasteiger partial charge in [-0.2, -0.15) is 0 Å². The largest absolute Gasteiger partial charge is 0.465 e. The van der Waals surface area contributed by atoms with Crippen LogP contribution in [0, 0.1) is 6.92 Å². The van der Waals surface area contributed by atoms with Crippen LogP contribution < -0.4 is 5.56 Å². The van der Waals surface area contributed by atoms with Crippen molar-refractivity contribution in [2.24, 2.45) is 0 Å². The maximum Gasteiger partial charge on any atom is 0.256 e.